The molecule has 0 spiro atoms. The molecule has 1 heterocycles. The average molecular weight is 338 g/mol. The Morgan fingerprint density at radius 2 is 1.91 bits per heavy atom. The van der Waals surface area contributed by atoms with Crippen molar-refractivity contribution >= 4 is 34.7 Å². The highest BCUT2D eigenvalue weighted by Crippen LogP contribution is 2.38. The largest absolute Gasteiger partial charge is 0.496 e. The van der Waals surface area contributed by atoms with Gasteiger partial charge in [0, 0.05) is 24.2 Å². The summed E-state index contributed by atoms with van der Waals surface area (Å²) in [7, 11) is 2.71. The van der Waals surface area contributed by atoms with E-state index < -0.39 is 10.8 Å². The van der Waals surface area contributed by atoms with Crippen LogP contribution in [-0.2, 0) is 4.79 Å². The van der Waals surface area contributed by atoms with Crippen molar-refractivity contribution in [3.63, 3.8) is 0 Å². The molecule has 0 unspecified atom stereocenters. The minimum Gasteiger partial charge on any atom is -0.496 e. The van der Waals surface area contributed by atoms with Gasteiger partial charge in [0.15, 0.2) is 0 Å². The number of ether oxygens (including phenoxy) is 2. The first kappa shape index (κ1) is 16.8. The third-order valence-corrected chi connectivity index (χ3v) is 4.11. The first-order chi connectivity index (χ1) is 10.9. The fourth-order valence-electron chi connectivity index (χ4n) is 2.08. The molecule has 1 saturated heterocycles. The van der Waals surface area contributed by atoms with E-state index in [2.05, 4.69) is 0 Å². The summed E-state index contributed by atoms with van der Waals surface area (Å²) in [5, 5.41) is 10.7. The number of amides is 2. The van der Waals surface area contributed by atoms with E-state index in [1.54, 1.807) is 6.92 Å². The van der Waals surface area contributed by atoms with E-state index >= 15 is 0 Å². The number of likely N-dealkylation sites (N-methyl/N-ethyl adjacent to an activating group) is 1. The van der Waals surface area contributed by atoms with Crippen molar-refractivity contribution in [3.8, 4) is 11.5 Å². The fourth-order valence-corrected chi connectivity index (χ4v) is 2.97. The molecule has 2 rings (SSSR count). The van der Waals surface area contributed by atoms with Crippen LogP contribution in [0.1, 0.15) is 12.5 Å². The Bertz CT molecular complexity index is 715. The van der Waals surface area contributed by atoms with Crippen molar-refractivity contribution in [2.24, 2.45) is 0 Å². The van der Waals surface area contributed by atoms with Crippen molar-refractivity contribution in [2.45, 2.75) is 6.92 Å². The fraction of sp³-hybridized carbons (Fsp3) is 0.286. The maximum Gasteiger partial charge on any atom is 0.311 e. The first-order valence-electron chi connectivity index (χ1n) is 6.58. The molecule has 1 aromatic rings. The number of thioether (sulfide) groups is 1. The second-order valence-electron chi connectivity index (χ2n) is 4.45. The van der Waals surface area contributed by atoms with E-state index in [1.165, 1.54) is 32.4 Å². The van der Waals surface area contributed by atoms with Crippen LogP contribution in [0.5, 0.6) is 11.5 Å². The molecule has 0 atom stereocenters. The normalized spacial score (nSPS) is 16.1. The van der Waals surface area contributed by atoms with Gasteiger partial charge in [-0.15, -0.1) is 0 Å². The van der Waals surface area contributed by atoms with Gasteiger partial charge < -0.3 is 9.47 Å². The molecule has 0 N–H and O–H groups in total. The number of rotatable bonds is 5. The molecule has 0 radical (unpaired) electrons. The second kappa shape index (κ2) is 6.69. The summed E-state index contributed by atoms with van der Waals surface area (Å²) in [6.07, 6.45) is 1.41. The monoisotopic (exact) mass is 338 g/mol. The molecule has 2 amide bonds. The molecule has 1 aliphatic heterocycles. The number of nitro groups is 1. The van der Waals surface area contributed by atoms with Gasteiger partial charge in [-0.1, -0.05) is 0 Å². The van der Waals surface area contributed by atoms with Crippen LogP contribution in [0.25, 0.3) is 6.08 Å². The standard InChI is InChI=1S/C14H14N2O6S/c1-4-15-13(17)12(23-14(15)18)6-8-5-9(16(19)20)11(22-3)7-10(8)21-2/h5-7H,4H2,1-3H3/b12-6+. The van der Waals surface area contributed by atoms with Gasteiger partial charge in [0.05, 0.1) is 24.0 Å². The molecule has 0 saturated carbocycles. The number of imide groups is 1. The van der Waals surface area contributed by atoms with Gasteiger partial charge in [-0.25, -0.2) is 0 Å². The van der Waals surface area contributed by atoms with E-state index in [-0.39, 0.29) is 28.1 Å². The molecular weight excluding hydrogens is 324 g/mol. The molecule has 0 bridgehead atoms. The predicted octanol–water partition coefficient (Wildman–Crippen LogP) is 2.67. The van der Waals surface area contributed by atoms with Gasteiger partial charge in [-0.3, -0.25) is 24.6 Å². The molecule has 0 aromatic heterocycles. The molecular formula is C14H14N2O6S. The Morgan fingerprint density at radius 3 is 2.39 bits per heavy atom. The van der Waals surface area contributed by atoms with E-state index in [0.29, 0.717) is 11.3 Å². The lowest BCUT2D eigenvalue weighted by Crippen LogP contribution is -2.27. The number of hydrogen-bond donors (Lipinski definition) is 0. The maximum atomic E-state index is 12.1. The van der Waals surface area contributed by atoms with E-state index in [4.69, 9.17) is 9.47 Å². The molecule has 0 aliphatic carbocycles. The Kier molecular flexibility index (Phi) is 4.89. The van der Waals surface area contributed by atoms with Crippen molar-refractivity contribution < 1.29 is 24.0 Å². The summed E-state index contributed by atoms with van der Waals surface area (Å²) in [4.78, 5) is 35.6. The third-order valence-electron chi connectivity index (χ3n) is 3.20. The highest BCUT2D eigenvalue weighted by Gasteiger charge is 2.34. The number of nitrogens with zero attached hydrogens (tertiary/aromatic N) is 2. The number of methoxy groups -OCH3 is 2. The number of carbonyl (C=O) groups is 2. The number of hydrogen-bond acceptors (Lipinski definition) is 7. The smallest absolute Gasteiger partial charge is 0.311 e. The summed E-state index contributed by atoms with van der Waals surface area (Å²) in [6.45, 7) is 1.96. The number of nitro benzene ring substituents is 1. The third kappa shape index (κ3) is 3.14. The SMILES string of the molecule is CCN1C(=O)S/C(=C/c2cc([N+](=O)[O-])c(OC)cc2OC)C1=O. The average Bonchev–Trinajstić information content (AvgIpc) is 2.80. The molecule has 122 valence electrons. The summed E-state index contributed by atoms with van der Waals surface area (Å²) in [5.41, 5.74) is 0.0656. The van der Waals surface area contributed by atoms with Crippen LogP contribution in [0.3, 0.4) is 0 Å². The minimum absolute atomic E-state index is 0.0469. The molecule has 8 nitrogen and oxygen atoms in total. The summed E-state index contributed by atoms with van der Waals surface area (Å²) >= 11 is 0.786. The van der Waals surface area contributed by atoms with Crippen LogP contribution in [0.15, 0.2) is 17.0 Å². The molecule has 23 heavy (non-hydrogen) atoms. The molecule has 1 aliphatic rings. The minimum atomic E-state index is -0.590. The Labute approximate surface area is 136 Å². The summed E-state index contributed by atoms with van der Waals surface area (Å²) in [6, 6.07) is 2.62. The summed E-state index contributed by atoms with van der Waals surface area (Å²) in [5.74, 6) is -0.0792. The van der Waals surface area contributed by atoms with Crippen molar-refractivity contribution in [2.75, 3.05) is 20.8 Å². The summed E-state index contributed by atoms with van der Waals surface area (Å²) < 4.78 is 10.2. The molecule has 1 aromatic carbocycles. The van der Waals surface area contributed by atoms with Crippen molar-refractivity contribution in [3.05, 3.63) is 32.7 Å². The quantitative estimate of drug-likeness (QED) is 0.462. The maximum absolute atomic E-state index is 12.1. The van der Waals surface area contributed by atoms with Gasteiger partial charge >= 0.3 is 5.69 Å². The van der Waals surface area contributed by atoms with Crippen LogP contribution in [0.4, 0.5) is 10.5 Å². The first-order valence-corrected chi connectivity index (χ1v) is 7.40. The lowest BCUT2D eigenvalue weighted by Gasteiger charge is -2.09. The second-order valence-corrected chi connectivity index (χ2v) is 5.44. The van der Waals surface area contributed by atoms with E-state index in [0.717, 1.165) is 16.7 Å². The lowest BCUT2D eigenvalue weighted by molar-refractivity contribution is -0.385. The highest BCUT2D eigenvalue weighted by molar-refractivity contribution is 8.18. The van der Waals surface area contributed by atoms with Gasteiger partial charge in [-0.2, -0.15) is 0 Å². The predicted molar refractivity (Wildman–Crippen MR) is 84.6 cm³/mol. The topological polar surface area (TPSA) is 99.0 Å². The van der Waals surface area contributed by atoms with Crippen LogP contribution in [-0.4, -0.2) is 41.7 Å². The zero-order valence-corrected chi connectivity index (χ0v) is 13.5. The Balaban J connectivity index is 2.53. The Hall–Kier alpha value is -2.55. The Morgan fingerprint density at radius 1 is 1.26 bits per heavy atom. The molecule has 9 heteroatoms. The van der Waals surface area contributed by atoms with Gasteiger partial charge in [0.25, 0.3) is 11.1 Å². The lowest BCUT2D eigenvalue weighted by atomic mass is 10.1. The van der Waals surface area contributed by atoms with Crippen LogP contribution in [0.2, 0.25) is 0 Å². The van der Waals surface area contributed by atoms with Gasteiger partial charge in [-0.05, 0) is 24.8 Å². The number of carbonyl (C=O) groups excluding carboxylic acids is 2. The van der Waals surface area contributed by atoms with Crippen LogP contribution >= 0.6 is 11.8 Å². The number of benzene rings is 1. The van der Waals surface area contributed by atoms with Gasteiger partial charge in [0.1, 0.15) is 5.75 Å². The molecule has 1 fully saturated rings. The highest BCUT2D eigenvalue weighted by atomic mass is 32.2. The van der Waals surface area contributed by atoms with Crippen molar-refractivity contribution in [1.82, 2.24) is 4.90 Å². The van der Waals surface area contributed by atoms with E-state index in [1.807, 2.05) is 0 Å². The zero-order chi connectivity index (χ0) is 17.1. The van der Waals surface area contributed by atoms with Gasteiger partial charge in [0.2, 0.25) is 5.75 Å². The zero-order valence-electron chi connectivity index (χ0n) is 12.7. The van der Waals surface area contributed by atoms with Crippen molar-refractivity contribution in [1.29, 1.82) is 0 Å². The van der Waals surface area contributed by atoms with E-state index in [9.17, 15) is 19.7 Å². The van der Waals surface area contributed by atoms with Crippen LogP contribution < -0.4 is 9.47 Å². The van der Waals surface area contributed by atoms with Crippen LogP contribution in [0, 0.1) is 10.1 Å².